The van der Waals surface area contributed by atoms with E-state index in [2.05, 4.69) is 25.1 Å². The van der Waals surface area contributed by atoms with Crippen molar-refractivity contribution in [2.45, 2.75) is 52.1 Å². The van der Waals surface area contributed by atoms with Crippen molar-refractivity contribution >= 4 is 0 Å². The van der Waals surface area contributed by atoms with Crippen molar-refractivity contribution in [3.63, 3.8) is 0 Å². The van der Waals surface area contributed by atoms with Crippen LogP contribution in [0.25, 0.3) is 0 Å². The molecule has 0 fully saturated rings. The zero-order chi connectivity index (χ0) is 10.4. The van der Waals surface area contributed by atoms with Gasteiger partial charge < -0.3 is 5.73 Å². The van der Waals surface area contributed by atoms with Gasteiger partial charge in [0.1, 0.15) is 0 Å². The summed E-state index contributed by atoms with van der Waals surface area (Å²) in [5.41, 5.74) is 7.27. The number of unbranched alkanes of at least 4 members (excludes halogenated alkanes) is 1. The summed E-state index contributed by atoms with van der Waals surface area (Å²) in [7, 11) is 0. The molecule has 0 saturated heterocycles. The Hall–Kier alpha value is -0.830. The minimum absolute atomic E-state index is 0.296. The lowest BCUT2D eigenvalue weighted by Gasteiger charge is -2.08. The number of hydrogen-bond acceptors (Lipinski definition) is 2. The third kappa shape index (κ3) is 3.50. The predicted octanol–water partition coefficient (Wildman–Crippen LogP) is 1.96. The van der Waals surface area contributed by atoms with Gasteiger partial charge in [0, 0.05) is 18.8 Å². The first-order valence-electron chi connectivity index (χ1n) is 5.53. The highest BCUT2D eigenvalue weighted by atomic mass is 15.3. The van der Waals surface area contributed by atoms with E-state index in [-0.39, 0.29) is 0 Å². The second-order valence-electron chi connectivity index (χ2n) is 3.81. The number of hydrogen-bond donors (Lipinski definition) is 1. The minimum atomic E-state index is 0.296. The van der Waals surface area contributed by atoms with Crippen LogP contribution < -0.4 is 5.73 Å². The quantitative estimate of drug-likeness (QED) is 0.754. The van der Waals surface area contributed by atoms with E-state index in [1.54, 1.807) is 0 Å². The lowest BCUT2D eigenvalue weighted by Crippen LogP contribution is -2.22. The van der Waals surface area contributed by atoms with Gasteiger partial charge in [-0.05, 0) is 25.3 Å². The van der Waals surface area contributed by atoms with E-state index in [0.717, 1.165) is 19.4 Å². The van der Waals surface area contributed by atoms with Crippen LogP contribution in [0.5, 0.6) is 0 Å². The van der Waals surface area contributed by atoms with E-state index in [4.69, 9.17) is 5.73 Å². The molecule has 1 atom stereocenters. The fourth-order valence-electron chi connectivity index (χ4n) is 1.56. The van der Waals surface area contributed by atoms with Crippen LogP contribution in [0.2, 0.25) is 0 Å². The Morgan fingerprint density at radius 2 is 2.29 bits per heavy atom. The molecule has 0 bridgehead atoms. The highest BCUT2D eigenvalue weighted by Gasteiger charge is 2.05. The SMILES string of the molecule is CCCCC(N)Cc1cnn(CC)c1. The zero-order valence-electron chi connectivity index (χ0n) is 9.24. The van der Waals surface area contributed by atoms with E-state index < -0.39 is 0 Å². The first-order valence-corrected chi connectivity index (χ1v) is 5.53. The fraction of sp³-hybridized carbons (Fsp3) is 0.727. The van der Waals surface area contributed by atoms with Crippen molar-refractivity contribution < 1.29 is 0 Å². The highest BCUT2D eigenvalue weighted by molar-refractivity contribution is 5.05. The van der Waals surface area contributed by atoms with E-state index in [0.29, 0.717) is 6.04 Å². The van der Waals surface area contributed by atoms with Gasteiger partial charge in [-0.25, -0.2) is 0 Å². The minimum Gasteiger partial charge on any atom is -0.327 e. The van der Waals surface area contributed by atoms with Gasteiger partial charge >= 0.3 is 0 Å². The van der Waals surface area contributed by atoms with E-state index in [1.807, 2.05) is 10.9 Å². The first kappa shape index (κ1) is 11.2. The van der Waals surface area contributed by atoms with Crippen molar-refractivity contribution in [2.75, 3.05) is 0 Å². The summed E-state index contributed by atoms with van der Waals surface area (Å²) in [5.74, 6) is 0. The number of rotatable bonds is 6. The van der Waals surface area contributed by atoms with Crippen molar-refractivity contribution in [2.24, 2.45) is 5.73 Å². The van der Waals surface area contributed by atoms with E-state index in [9.17, 15) is 0 Å². The fourth-order valence-corrected chi connectivity index (χ4v) is 1.56. The van der Waals surface area contributed by atoms with Crippen LogP contribution in [0.1, 0.15) is 38.7 Å². The first-order chi connectivity index (χ1) is 6.76. The average molecular weight is 195 g/mol. The summed E-state index contributed by atoms with van der Waals surface area (Å²) >= 11 is 0. The van der Waals surface area contributed by atoms with Gasteiger partial charge in [-0.3, -0.25) is 4.68 Å². The molecule has 3 nitrogen and oxygen atoms in total. The Labute approximate surface area is 86.3 Å². The molecule has 0 amide bonds. The maximum atomic E-state index is 6.01. The molecule has 0 saturated carbocycles. The zero-order valence-corrected chi connectivity index (χ0v) is 9.24. The second-order valence-corrected chi connectivity index (χ2v) is 3.81. The standard InChI is InChI=1S/C11H21N3/c1-3-5-6-11(12)7-10-8-13-14(4-2)9-10/h8-9,11H,3-7,12H2,1-2H3. The molecule has 80 valence electrons. The van der Waals surface area contributed by atoms with Gasteiger partial charge in [-0.1, -0.05) is 19.8 Å². The molecule has 14 heavy (non-hydrogen) atoms. The lowest BCUT2D eigenvalue weighted by atomic mass is 10.0. The molecule has 0 aromatic carbocycles. The number of aromatic nitrogens is 2. The molecule has 1 rings (SSSR count). The van der Waals surface area contributed by atoms with E-state index >= 15 is 0 Å². The Morgan fingerprint density at radius 1 is 1.50 bits per heavy atom. The Morgan fingerprint density at radius 3 is 2.86 bits per heavy atom. The summed E-state index contributed by atoms with van der Waals surface area (Å²) < 4.78 is 1.95. The number of aryl methyl sites for hydroxylation is 1. The molecule has 0 spiro atoms. The second kappa shape index (κ2) is 5.81. The summed E-state index contributed by atoms with van der Waals surface area (Å²) in [6.07, 6.45) is 8.54. The van der Waals surface area contributed by atoms with Crippen molar-refractivity contribution in [1.29, 1.82) is 0 Å². The number of nitrogens with two attached hydrogens (primary N) is 1. The number of nitrogens with zero attached hydrogens (tertiary/aromatic N) is 2. The van der Waals surface area contributed by atoms with Crippen LogP contribution in [-0.4, -0.2) is 15.8 Å². The monoisotopic (exact) mass is 195 g/mol. The largest absolute Gasteiger partial charge is 0.327 e. The molecule has 1 unspecified atom stereocenters. The Balaban J connectivity index is 2.35. The molecule has 1 aromatic rings. The Kier molecular flexibility index (Phi) is 4.66. The van der Waals surface area contributed by atoms with Gasteiger partial charge in [-0.15, -0.1) is 0 Å². The smallest absolute Gasteiger partial charge is 0.0522 e. The van der Waals surface area contributed by atoms with Crippen LogP contribution in [0.3, 0.4) is 0 Å². The molecule has 0 aliphatic heterocycles. The molecule has 1 heterocycles. The summed E-state index contributed by atoms with van der Waals surface area (Å²) in [6, 6.07) is 0.296. The maximum Gasteiger partial charge on any atom is 0.0522 e. The third-order valence-electron chi connectivity index (χ3n) is 2.44. The molecule has 0 aliphatic rings. The van der Waals surface area contributed by atoms with Gasteiger partial charge in [0.25, 0.3) is 0 Å². The van der Waals surface area contributed by atoms with Gasteiger partial charge in [0.15, 0.2) is 0 Å². The van der Waals surface area contributed by atoms with Gasteiger partial charge in [0.05, 0.1) is 6.20 Å². The summed E-state index contributed by atoms with van der Waals surface area (Å²) in [4.78, 5) is 0. The van der Waals surface area contributed by atoms with Gasteiger partial charge in [0.2, 0.25) is 0 Å². The van der Waals surface area contributed by atoms with Crippen molar-refractivity contribution in [3.05, 3.63) is 18.0 Å². The third-order valence-corrected chi connectivity index (χ3v) is 2.44. The van der Waals surface area contributed by atoms with Crippen molar-refractivity contribution in [3.8, 4) is 0 Å². The van der Waals surface area contributed by atoms with E-state index in [1.165, 1.54) is 18.4 Å². The Bertz CT molecular complexity index is 255. The highest BCUT2D eigenvalue weighted by Crippen LogP contribution is 2.06. The molecule has 1 aromatic heterocycles. The maximum absolute atomic E-state index is 6.01. The average Bonchev–Trinajstić information content (AvgIpc) is 2.62. The van der Waals surface area contributed by atoms with Crippen LogP contribution in [0.15, 0.2) is 12.4 Å². The molecular formula is C11H21N3. The van der Waals surface area contributed by atoms with Crippen LogP contribution in [-0.2, 0) is 13.0 Å². The van der Waals surface area contributed by atoms with Crippen LogP contribution in [0, 0.1) is 0 Å². The normalized spacial score (nSPS) is 13.1. The molecule has 2 N–H and O–H groups in total. The topological polar surface area (TPSA) is 43.8 Å². The predicted molar refractivity (Wildman–Crippen MR) is 59.1 cm³/mol. The lowest BCUT2D eigenvalue weighted by molar-refractivity contribution is 0.573. The summed E-state index contributed by atoms with van der Waals surface area (Å²) in [6.45, 7) is 5.22. The molecular weight excluding hydrogens is 174 g/mol. The van der Waals surface area contributed by atoms with Crippen LogP contribution >= 0.6 is 0 Å². The summed E-state index contributed by atoms with van der Waals surface area (Å²) in [5, 5.41) is 4.23. The van der Waals surface area contributed by atoms with Gasteiger partial charge in [-0.2, -0.15) is 5.10 Å². The molecule has 3 heteroatoms. The molecule has 0 radical (unpaired) electrons. The van der Waals surface area contributed by atoms with Crippen LogP contribution in [0.4, 0.5) is 0 Å². The van der Waals surface area contributed by atoms with Crippen molar-refractivity contribution in [1.82, 2.24) is 9.78 Å². The molecule has 0 aliphatic carbocycles.